The fraction of sp³-hybridized carbons (Fsp3) is 0.500. The zero-order valence-corrected chi connectivity index (χ0v) is 9.71. The van der Waals surface area contributed by atoms with E-state index < -0.39 is 6.09 Å². The van der Waals surface area contributed by atoms with Crippen LogP contribution in [0.1, 0.15) is 12.8 Å². The summed E-state index contributed by atoms with van der Waals surface area (Å²) in [7, 11) is 0. The fourth-order valence-corrected chi connectivity index (χ4v) is 2.11. The molecule has 0 unspecified atom stereocenters. The average Bonchev–Trinajstić information content (AvgIpc) is 2.38. The Morgan fingerprint density at radius 1 is 1.41 bits per heavy atom. The van der Waals surface area contributed by atoms with Crippen molar-refractivity contribution in [3.05, 3.63) is 24.5 Å². The number of carbonyl (C=O) groups excluding carboxylic acids is 1. The second-order valence-electron chi connectivity index (χ2n) is 4.27. The van der Waals surface area contributed by atoms with Crippen LogP contribution in [-0.4, -0.2) is 30.8 Å². The van der Waals surface area contributed by atoms with Crippen LogP contribution in [0.4, 0.5) is 10.5 Å². The highest BCUT2D eigenvalue weighted by Crippen LogP contribution is 2.22. The molecule has 0 radical (unpaired) electrons. The zero-order chi connectivity index (χ0) is 12.1. The molecule has 0 saturated carbocycles. The van der Waals surface area contributed by atoms with E-state index in [0.717, 1.165) is 25.9 Å². The van der Waals surface area contributed by atoms with E-state index in [2.05, 4.69) is 9.88 Å². The largest absolute Gasteiger partial charge is 0.449 e. The molecule has 0 bridgehead atoms. The molecule has 5 heteroatoms. The molecule has 2 heterocycles. The van der Waals surface area contributed by atoms with Gasteiger partial charge in [0.15, 0.2) is 0 Å². The van der Waals surface area contributed by atoms with Gasteiger partial charge in [-0.25, -0.2) is 4.79 Å². The lowest BCUT2D eigenvalue weighted by Crippen LogP contribution is -2.35. The van der Waals surface area contributed by atoms with Crippen molar-refractivity contribution in [2.45, 2.75) is 12.8 Å². The molecule has 1 aromatic rings. The van der Waals surface area contributed by atoms with Crippen LogP contribution in [-0.2, 0) is 4.74 Å². The average molecular weight is 235 g/mol. The maximum Gasteiger partial charge on any atom is 0.404 e. The number of nitrogens with zero attached hydrogens (tertiary/aromatic N) is 2. The summed E-state index contributed by atoms with van der Waals surface area (Å²) in [5.41, 5.74) is 6.15. The number of hydrogen-bond acceptors (Lipinski definition) is 4. The van der Waals surface area contributed by atoms with Gasteiger partial charge in [0.2, 0.25) is 0 Å². The summed E-state index contributed by atoms with van der Waals surface area (Å²) in [6.45, 7) is 2.41. The van der Waals surface area contributed by atoms with Gasteiger partial charge in [0.25, 0.3) is 0 Å². The third kappa shape index (κ3) is 3.34. The molecular formula is C12H17N3O2. The van der Waals surface area contributed by atoms with Crippen molar-refractivity contribution in [2.75, 3.05) is 24.6 Å². The first kappa shape index (κ1) is 11.7. The number of nitrogens with two attached hydrogens (primary N) is 1. The van der Waals surface area contributed by atoms with Crippen molar-refractivity contribution >= 4 is 11.8 Å². The van der Waals surface area contributed by atoms with Crippen LogP contribution in [0.15, 0.2) is 24.5 Å². The van der Waals surface area contributed by atoms with Gasteiger partial charge in [0, 0.05) is 31.2 Å². The lowest BCUT2D eigenvalue weighted by atomic mass is 9.97. The van der Waals surface area contributed by atoms with Crippen molar-refractivity contribution in [1.82, 2.24) is 4.98 Å². The summed E-state index contributed by atoms with van der Waals surface area (Å²) in [6.07, 6.45) is 4.97. The molecule has 17 heavy (non-hydrogen) atoms. The lowest BCUT2D eigenvalue weighted by Gasteiger charge is -2.33. The molecule has 0 spiro atoms. The maximum absolute atomic E-state index is 10.5. The molecule has 1 aliphatic heterocycles. The first-order valence-corrected chi connectivity index (χ1v) is 5.83. The van der Waals surface area contributed by atoms with Crippen molar-refractivity contribution in [3.8, 4) is 0 Å². The molecule has 92 valence electrons. The summed E-state index contributed by atoms with van der Waals surface area (Å²) < 4.78 is 4.83. The van der Waals surface area contributed by atoms with Crippen molar-refractivity contribution < 1.29 is 9.53 Å². The predicted octanol–water partition coefficient (Wildman–Crippen LogP) is 1.39. The minimum absolute atomic E-state index is 0.431. The van der Waals surface area contributed by atoms with Gasteiger partial charge in [-0.2, -0.15) is 0 Å². The summed E-state index contributed by atoms with van der Waals surface area (Å²) in [5.74, 6) is 0.431. The van der Waals surface area contributed by atoms with Gasteiger partial charge < -0.3 is 15.4 Å². The molecule has 5 nitrogen and oxygen atoms in total. The predicted molar refractivity (Wildman–Crippen MR) is 64.7 cm³/mol. The van der Waals surface area contributed by atoms with Crippen molar-refractivity contribution in [1.29, 1.82) is 0 Å². The van der Waals surface area contributed by atoms with E-state index in [1.165, 1.54) is 5.69 Å². The molecule has 0 atom stereocenters. The van der Waals surface area contributed by atoms with Gasteiger partial charge in [0.05, 0.1) is 6.61 Å². The number of aromatic nitrogens is 1. The first-order valence-electron chi connectivity index (χ1n) is 5.83. The number of anilines is 1. The Kier molecular flexibility index (Phi) is 3.80. The first-order chi connectivity index (χ1) is 8.25. The highest BCUT2D eigenvalue weighted by molar-refractivity contribution is 5.64. The molecular weight excluding hydrogens is 218 g/mol. The van der Waals surface area contributed by atoms with Crippen molar-refractivity contribution in [2.24, 2.45) is 11.7 Å². The van der Waals surface area contributed by atoms with Gasteiger partial charge in [-0.15, -0.1) is 0 Å². The zero-order valence-electron chi connectivity index (χ0n) is 9.71. The van der Waals surface area contributed by atoms with E-state index >= 15 is 0 Å². The number of primary amides is 1. The van der Waals surface area contributed by atoms with Crippen LogP contribution in [0.3, 0.4) is 0 Å². The molecule has 0 aromatic carbocycles. The van der Waals surface area contributed by atoms with Crippen LogP contribution < -0.4 is 10.6 Å². The van der Waals surface area contributed by atoms with E-state index in [1.54, 1.807) is 12.4 Å². The second-order valence-corrected chi connectivity index (χ2v) is 4.27. The SMILES string of the molecule is NC(=O)OCC1CCN(c2ccncc2)CC1. The Balaban J connectivity index is 1.80. The molecule has 2 N–H and O–H groups in total. The van der Waals surface area contributed by atoms with Gasteiger partial charge in [-0.1, -0.05) is 0 Å². The molecule has 2 rings (SSSR count). The van der Waals surface area contributed by atoms with Gasteiger partial charge in [-0.3, -0.25) is 4.98 Å². The van der Waals surface area contributed by atoms with E-state index in [9.17, 15) is 4.79 Å². The number of carbonyl (C=O) groups is 1. The normalized spacial score (nSPS) is 16.8. The van der Waals surface area contributed by atoms with Gasteiger partial charge in [0.1, 0.15) is 0 Å². The number of ether oxygens (including phenoxy) is 1. The minimum atomic E-state index is -0.679. The number of pyridine rings is 1. The third-order valence-electron chi connectivity index (χ3n) is 3.10. The van der Waals surface area contributed by atoms with Crippen LogP contribution in [0.5, 0.6) is 0 Å². The third-order valence-corrected chi connectivity index (χ3v) is 3.10. The quantitative estimate of drug-likeness (QED) is 0.859. The fourth-order valence-electron chi connectivity index (χ4n) is 2.11. The van der Waals surface area contributed by atoms with Gasteiger partial charge in [-0.05, 0) is 30.9 Å². The van der Waals surface area contributed by atoms with Crippen LogP contribution in [0, 0.1) is 5.92 Å². The monoisotopic (exact) mass is 235 g/mol. The lowest BCUT2D eigenvalue weighted by molar-refractivity contribution is 0.129. The maximum atomic E-state index is 10.5. The van der Waals surface area contributed by atoms with Crippen LogP contribution >= 0.6 is 0 Å². The summed E-state index contributed by atoms with van der Waals surface area (Å²) in [5, 5.41) is 0. The molecule has 1 aliphatic rings. The van der Waals surface area contributed by atoms with Crippen LogP contribution in [0.25, 0.3) is 0 Å². The van der Waals surface area contributed by atoms with Crippen LogP contribution in [0.2, 0.25) is 0 Å². The Morgan fingerprint density at radius 2 is 2.06 bits per heavy atom. The molecule has 0 aliphatic carbocycles. The second kappa shape index (κ2) is 5.52. The smallest absolute Gasteiger partial charge is 0.404 e. The van der Waals surface area contributed by atoms with Crippen molar-refractivity contribution in [3.63, 3.8) is 0 Å². The number of amides is 1. The highest BCUT2D eigenvalue weighted by atomic mass is 16.5. The number of piperidine rings is 1. The Morgan fingerprint density at radius 3 is 2.65 bits per heavy atom. The Hall–Kier alpha value is -1.78. The molecule has 1 saturated heterocycles. The summed E-state index contributed by atoms with van der Waals surface area (Å²) >= 11 is 0. The van der Waals surface area contributed by atoms with E-state index in [4.69, 9.17) is 10.5 Å². The number of hydrogen-bond donors (Lipinski definition) is 1. The summed E-state index contributed by atoms with van der Waals surface area (Å²) in [6, 6.07) is 4.03. The van der Waals surface area contributed by atoms with E-state index in [-0.39, 0.29) is 0 Å². The topological polar surface area (TPSA) is 68.5 Å². The van der Waals surface area contributed by atoms with E-state index in [1.807, 2.05) is 12.1 Å². The molecule has 1 amide bonds. The summed E-state index contributed by atoms with van der Waals surface area (Å²) in [4.78, 5) is 16.8. The van der Waals surface area contributed by atoms with E-state index in [0.29, 0.717) is 12.5 Å². The molecule has 1 aromatic heterocycles. The molecule has 1 fully saturated rings. The highest BCUT2D eigenvalue weighted by Gasteiger charge is 2.20. The Labute approximate surface area is 101 Å². The van der Waals surface area contributed by atoms with Gasteiger partial charge >= 0.3 is 6.09 Å². The number of rotatable bonds is 3. The minimum Gasteiger partial charge on any atom is -0.449 e. The Bertz CT molecular complexity index is 361. The standard InChI is InChI=1S/C12H17N3O2/c13-12(16)17-9-10-3-7-15(8-4-10)11-1-5-14-6-2-11/h1-2,5-6,10H,3-4,7-9H2,(H2,13,16).